The van der Waals surface area contributed by atoms with Gasteiger partial charge in [-0.05, 0) is 30.2 Å². The third-order valence-electron chi connectivity index (χ3n) is 3.83. The van der Waals surface area contributed by atoms with E-state index in [-0.39, 0.29) is 12.5 Å². The van der Waals surface area contributed by atoms with Crippen LogP contribution in [0.5, 0.6) is 0 Å². The van der Waals surface area contributed by atoms with Gasteiger partial charge in [0.25, 0.3) is 5.91 Å². The number of methoxy groups -OCH3 is 1. The number of aryl methyl sites for hydroxylation is 1. The Balaban J connectivity index is 1.70. The number of fused-ring (bicyclic) bond motifs is 1. The van der Waals surface area contributed by atoms with E-state index in [0.29, 0.717) is 13.1 Å². The number of nitrogens with one attached hydrogen (secondary N) is 1. The molecule has 0 fully saturated rings. The van der Waals surface area contributed by atoms with Crippen molar-refractivity contribution in [3.8, 4) is 0 Å². The van der Waals surface area contributed by atoms with Crippen LogP contribution < -0.4 is 10.2 Å². The third-order valence-corrected chi connectivity index (χ3v) is 3.83. The monoisotopic (exact) mass is 301 g/mol. The molecule has 0 aliphatic carbocycles. The average molecular weight is 301 g/mol. The van der Waals surface area contributed by atoms with Gasteiger partial charge in [-0.3, -0.25) is 9.48 Å². The van der Waals surface area contributed by atoms with Gasteiger partial charge in [-0.2, -0.15) is 0 Å². The number of carbonyl (C=O) groups is 1. The molecule has 1 aromatic heterocycles. The lowest BCUT2D eigenvalue weighted by molar-refractivity contribution is -0.122. The van der Waals surface area contributed by atoms with Crippen molar-refractivity contribution >= 4 is 17.3 Å². The predicted molar refractivity (Wildman–Crippen MR) is 82.7 cm³/mol. The van der Waals surface area contributed by atoms with Gasteiger partial charge >= 0.3 is 0 Å². The minimum atomic E-state index is 0.00270. The fraction of sp³-hybridized carbons (Fsp3) is 0.400. The highest BCUT2D eigenvalue weighted by atomic mass is 16.5. The summed E-state index contributed by atoms with van der Waals surface area (Å²) in [6.45, 7) is 1.49. The van der Waals surface area contributed by atoms with E-state index in [1.54, 1.807) is 15.8 Å². The second-order valence-electron chi connectivity index (χ2n) is 5.27. The van der Waals surface area contributed by atoms with Crippen molar-refractivity contribution in [2.24, 2.45) is 7.05 Å². The highest BCUT2D eigenvalue weighted by Gasteiger charge is 2.24. The molecule has 3 rings (SSSR count). The first-order valence-corrected chi connectivity index (χ1v) is 7.18. The summed E-state index contributed by atoms with van der Waals surface area (Å²) >= 11 is 0. The van der Waals surface area contributed by atoms with Crippen molar-refractivity contribution < 1.29 is 9.53 Å². The lowest BCUT2D eigenvalue weighted by atomic mass is 10.1. The topological polar surface area (TPSA) is 72.3 Å². The molecule has 0 spiro atoms. The van der Waals surface area contributed by atoms with E-state index in [0.717, 1.165) is 23.5 Å². The molecule has 1 N–H and O–H groups in total. The summed E-state index contributed by atoms with van der Waals surface area (Å²) in [7, 11) is 3.40. The number of amides is 1. The maximum absolute atomic E-state index is 12.0. The summed E-state index contributed by atoms with van der Waals surface area (Å²) in [5, 5.41) is 11.1. The summed E-state index contributed by atoms with van der Waals surface area (Å²) < 4.78 is 6.67. The zero-order valence-corrected chi connectivity index (χ0v) is 12.7. The molecule has 22 heavy (non-hydrogen) atoms. The Morgan fingerprint density at radius 2 is 2.32 bits per heavy atom. The number of hydrogen-bond acceptors (Lipinski definition) is 5. The molecular weight excluding hydrogens is 282 g/mol. The first-order chi connectivity index (χ1) is 10.7. The summed E-state index contributed by atoms with van der Waals surface area (Å²) in [4.78, 5) is 13.8. The lowest BCUT2D eigenvalue weighted by Crippen LogP contribution is -2.31. The summed E-state index contributed by atoms with van der Waals surface area (Å²) in [5.41, 5.74) is 4.20. The molecule has 0 saturated carbocycles. The minimum Gasteiger partial charge on any atom is -0.379 e. The minimum absolute atomic E-state index is 0.00270. The van der Waals surface area contributed by atoms with E-state index in [1.807, 2.05) is 19.2 Å². The number of aromatic nitrogens is 3. The summed E-state index contributed by atoms with van der Waals surface area (Å²) in [6, 6.07) is 6.07. The first kappa shape index (κ1) is 14.5. The van der Waals surface area contributed by atoms with Crippen molar-refractivity contribution in [2.75, 3.05) is 30.5 Å². The Bertz CT molecular complexity index is 682. The molecule has 1 aliphatic heterocycles. The van der Waals surface area contributed by atoms with Gasteiger partial charge in [0.05, 0.1) is 18.4 Å². The Hall–Kier alpha value is -2.41. The van der Waals surface area contributed by atoms with E-state index in [4.69, 9.17) is 4.74 Å². The van der Waals surface area contributed by atoms with Gasteiger partial charge in [-0.1, -0.05) is 5.21 Å². The van der Waals surface area contributed by atoms with E-state index in [2.05, 4.69) is 21.7 Å². The van der Waals surface area contributed by atoms with Crippen LogP contribution in [0.3, 0.4) is 0 Å². The molecule has 0 unspecified atom stereocenters. The highest BCUT2D eigenvalue weighted by molar-refractivity contribution is 5.96. The van der Waals surface area contributed by atoms with Crippen molar-refractivity contribution in [1.29, 1.82) is 0 Å². The highest BCUT2D eigenvalue weighted by Crippen LogP contribution is 2.30. The summed E-state index contributed by atoms with van der Waals surface area (Å²) in [6.07, 6.45) is 2.61. The molecule has 0 saturated heterocycles. The van der Waals surface area contributed by atoms with Crippen LogP contribution in [0.2, 0.25) is 0 Å². The van der Waals surface area contributed by atoms with Gasteiger partial charge in [0.15, 0.2) is 0 Å². The molecule has 0 atom stereocenters. The molecule has 2 heterocycles. The molecule has 0 radical (unpaired) electrons. The van der Waals surface area contributed by atoms with Crippen molar-refractivity contribution in [3.63, 3.8) is 0 Å². The van der Waals surface area contributed by atoms with Crippen molar-refractivity contribution in [1.82, 2.24) is 15.0 Å². The van der Waals surface area contributed by atoms with Gasteiger partial charge in [0, 0.05) is 32.1 Å². The zero-order valence-electron chi connectivity index (χ0n) is 12.7. The van der Waals surface area contributed by atoms with Crippen LogP contribution in [0.4, 0.5) is 11.4 Å². The number of anilines is 2. The molecule has 7 heteroatoms. The zero-order chi connectivity index (χ0) is 15.5. The van der Waals surface area contributed by atoms with Crippen LogP contribution >= 0.6 is 0 Å². The fourth-order valence-electron chi connectivity index (χ4n) is 2.64. The average Bonchev–Trinajstić information content (AvgIpc) is 3.11. The maximum atomic E-state index is 12.0. The smallest absolute Gasteiger partial charge is 0.252 e. The fourth-order valence-corrected chi connectivity index (χ4v) is 2.64. The second kappa shape index (κ2) is 6.15. The van der Waals surface area contributed by atoms with Gasteiger partial charge < -0.3 is 15.0 Å². The number of carbonyl (C=O) groups excluding carboxylic acids is 1. The van der Waals surface area contributed by atoms with Gasteiger partial charge in [-0.15, -0.1) is 5.10 Å². The van der Waals surface area contributed by atoms with Crippen LogP contribution in [0.25, 0.3) is 0 Å². The standard InChI is InChI=1S/C15H19N5O2/c1-19-13(9-17-18-19)8-16-12-3-4-14-11(7-12)5-6-20(14)15(21)10-22-2/h3-4,7,9,16H,5-6,8,10H2,1-2H3. The lowest BCUT2D eigenvalue weighted by Gasteiger charge is -2.17. The van der Waals surface area contributed by atoms with E-state index in [1.165, 1.54) is 12.7 Å². The largest absolute Gasteiger partial charge is 0.379 e. The second-order valence-corrected chi connectivity index (χ2v) is 5.27. The van der Waals surface area contributed by atoms with E-state index < -0.39 is 0 Å². The SMILES string of the molecule is COCC(=O)N1CCc2cc(NCc3cnnn3C)ccc21. The Morgan fingerprint density at radius 3 is 3.05 bits per heavy atom. The Labute approximate surface area is 128 Å². The number of nitrogens with zero attached hydrogens (tertiary/aromatic N) is 4. The van der Waals surface area contributed by atoms with Crippen LogP contribution in [-0.4, -0.2) is 41.2 Å². The molecular formula is C15H19N5O2. The van der Waals surface area contributed by atoms with Crippen LogP contribution in [0, 0.1) is 0 Å². The molecule has 116 valence electrons. The third kappa shape index (κ3) is 2.80. The molecule has 1 amide bonds. The quantitative estimate of drug-likeness (QED) is 0.890. The Kier molecular flexibility index (Phi) is 4.06. The number of hydrogen-bond donors (Lipinski definition) is 1. The molecule has 1 aromatic carbocycles. The molecule has 0 bridgehead atoms. The summed E-state index contributed by atoms with van der Waals surface area (Å²) in [5.74, 6) is 0.00270. The predicted octanol–water partition coefficient (Wildman–Crippen LogP) is 0.963. The van der Waals surface area contributed by atoms with Gasteiger partial charge in [0.1, 0.15) is 6.61 Å². The van der Waals surface area contributed by atoms with E-state index in [9.17, 15) is 4.79 Å². The van der Waals surface area contributed by atoms with Crippen LogP contribution in [0.1, 0.15) is 11.3 Å². The maximum Gasteiger partial charge on any atom is 0.252 e. The number of rotatable bonds is 5. The number of benzene rings is 1. The van der Waals surface area contributed by atoms with Crippen molar-refractivity contribution in [2.45, 2.75) is 13.0 Å². The normalized spacial score (nSPS) is 13.3. The Morgan fingerprint density at radius 1 is 1.45 bits per heavy atom. The van der Waals surface area contributed by atoms with Crippen LogP contribution in [-0.2, 0) is 29.5 Å². The first-order valence-electron chi connectivity index (χ1n) is 7.18. The number of ether oxygens (including phenoxy) is 1. The van der Waals surface area contributed by atoms with Gasteiger partial charge in [0.2, 0.25) is 0 Å². The van der Waals surface area contributed by atoms with Crippen molar-refractivity contribution in [3.05, 3.63) is 35.7 Å². The van der Waals surface area contributed by atoms with Crippen LogP contribution in [0.15, 0.2) is 24.4 Å². The van der Waals surface area contributed by atoms with Gasteiger partial charge in [-0.25, -0.2) is 0 Å². The molecule has 2 aromatic rings. The molecule has 1 aliphatic rings. The van der Waals surface area contributed by atoms with E-state index >= 15 is 0 Å². The molecule has 7 nitrogen and oxygen atoms in total.